The minimum atomic E-state index is -3.22. The van der Waals surface area contributed by atoms with E-state index in [1.54, 1.807) is 11.8 Å². The summed E-state index contributed by atoms with van der Waals surface area (Å²) >= 11 is 1.66. The highest BCUT2D eigenvalue weighted by Gasteiger charge is 2.24. The number of benzene rings is 1. The first kappa shape index (κ1) is 18.3. The van der Waals surface area contributed by atoms with Crippen LogP contribution in [0.5, 0.6) is 0 Å². The number of amidine groups is 1. The van der Waals surface area contributed by atoms with Crippen LogP contribution >= 0.6 is 11.8 Å². The van der Waals surface area contributed by atoms with Gasteiger partial charge in [-0.15, -0.1) is 0 Å². The fourth-order valence-corrected chi connectivity index (χ4v) is 4.76. The summed E-state index contributed by atoms with van der Waals surface area (Å²) < 4.78 is 25.4. The second kappa shape index (κ2) is 7.78. The van der Waals surface area contributed by atoms with Crippen molar-refractivity contribution in [3.63, 3.8) is 0 Å². The van der Waals surface area contributed by atoms with E-state index in [4.69, 9.17) is 0 Å². The van der Waals surface area contributed by atoms with Crippen molar-refractivity contribution in [1.82, 2.24) is 5.43 Å². The van der Waals surface area contributed by atoms with Crippen LogP contribution in [0, 0.1) is 0 Å². The number of rotatable bonds is 5. The first-order chi connectivity index (χ1) is 12.0. The molecule has 0 spiro atoms. The normalized spacial score (nSPS) is 19.4. The summed E-state index contributed by atoms with van der Waals surface area (Å²) in [6, 6.07) is 5.94. The molecule has 0 unspecified atom stereocenters. The maximum absolute atomic E-state index is 12.0. The molecular formula is C17H24N4O2S2. The third-order valence-electron chi connectivity index (χ3n) is 4.29. The monoisotopic (exact) mass is 380 g/mol. The Morgan fingerprint density at radius 3 is 2.92 bits per heavy atom. The standard InChI is InChI=1S/C17H24N4O2S2/c1-3-4-9-18-17-20-19-15(12-24-17)13-7-8-16-14(11-13)6-5-10-21(16)25(2,22)23/h7-8,11H,3-6,9-10,12H2,1-2H3,(H,18,20). The van der Waals surface area contributed by atoms with Crippen LogP contribution in [0.3, 0.4) is 0 Å². The maximum Gasteiger partial charge on any atom is 0.232 e. The smallest absolute Gasteiger partial charge is 0.232 e. The lowest BCUT2D eigenvalue weighted by Crippen LogP contribution is -2.34. The van der Waals surface area contributed by atoms with Gasteiger partial charge in [-0.05, 0) is 42.5 Å². The molecule has 0 aromatic heterocycles. The zero-order valence-corrected chi connectivity index (χ0v) is 16.3. The van der Waals surface area contributed by atoms with E-state index in [1.165, 1.54) is 10.6 Å². The Balaban J connectivity index is 1.78. The number of anilines is 1. The highest BCUT2D eigenvalue weighted by Crippen LogP contribution is 2.30. The molecule has 0 bridgehead atoms. The number of hydrazone groups is 1. The van der Waals surface area contributed by atoms with Gasteiger partial charge in [0.1, 0.15) is 0 Å². The van der Waals surface area contributed by atoms with E-state index in [0.29, 0.717) is 6.54 Å². The van der Waals surface area contributed by atoms with E-state index >= 15 is 0 Å². The average Bonchev–Trinajstić information content (AvgIpc) is 2.61. The number of sulfonamides is 1. The largest absolute Gasteiger partial charge is 0.270 e. The molecule has 8 heteroatoms. The van der Waals surface area contributed by atoms with Gasteiger partial charge in [-0.1, -0.05) is 31.2 Å². The van der Waals surface area contributed by atoms with Gasteiger partial charge in [-0.25, -0.2) is 8.42 Å². The molecule has 0 fully saturated rings. The number of aliphatic imine (C=N–C) groups is 1. The number of hydrogen-bond acceptors (Lipinski definition) is 5. The van der Waals surface area contributed by atoms with Crippen molar-refractivity contribution in [3.05, 3.63) is 29.3 Å². The Labute approximate surface area is 153 Å². The number of fused-ring (bicyclic) bond motifs is 1. The van der Waals surface area contributed by atoms with E-state index in [1.807, 2.05) is 12.1 Å². The fourth-order valence-electron chi connectivity index (χ4n) is 2.97. The van der Waals surface area contributed by atoms with E-state index in [0.717, 1.165) is 65.7 Å². The highest BCUT2D eigenvalue weighted by atomic mass is 32.2. The van der Waals surface area contributed by atoms with Crippen LogP contribution in [0.2, 0.25) is 0 Å². The second-order valence-corrected chi connectivity index (χ2v) is 9.15. The molecule has 25 heavy (non-hydrogen) atoms. The van der Waals surface area contributed by atoms with E-state index in [2.05, 4.69) is 28.5 Å². The van der Waals surface area contributed by atoms with Crippen LogP contribution in [0.25, 0.3) is 0 Å². The SMILES string of the molecule is CCCCN=C1NN=C(c2ccc3c(c2)CCCN3S(C)(=O)=O)CS1. The summed E-state index contributed by atoms with van der Waals surface area (Å²) in [5.41, 5.74) is 6.92. The van der Waals surface area contributed by atoms with Gasteiger partial charge in [0.15, 0.2) is 5.17 Å². The topological polar surface area (TPSA) is 74.1 Å². The molecule has 3 rings (SSSR count). The Morgan fingerprint density at radius 2 is 2.24 bits per heavy atom. The Kier molecular flexibility index (Phi) is 5.68. The van der Waals surface area contributed by atoms with Crippen molar-refractivity contribution in [1.29, 1.82) is 0 Å². The van der Waals surface area contributed by atoms with Gasteiger partial charge in [0.05, 0.1) is 17.7 Å². The van der Waals surface area contributed by atoms with Crippen molar-refractivity contribution >= 4 is 38.4 Å². The molecule has 0 aliphatic carbocycles. The lowest BCUT2D eigenvalue weighted by molar-refractivity contribution is 0.592. The molecule has 2 aliphatic rings. The van der Waals surface area contributed by atoms with Crippen LogP contribution in [0.4, 0.5) is 5.69 Å². The number of nitrogens with zero attached hydrogens (tertiary/aromatic N) is 3. The molecule has 0 saturated carbocycles. The number of unbranched alkanes of at least 4 members (excludes halogenated alkanes) is 1. The third kappa shape index (κ3) is 4.36. The summed E-state index contributed by atoms with van der Waals surface area (Å²) in [5, 5.41) is 5.33. The Hall–Kier alpha value is -1.54. The van der Waals surface area contributed by atoms with E-state index in [9.17, 15) is 8.42 Å². The van der Waals surface area contributed by atoms with Crippen molar-refractivity contribution in [2.24, 2.45) is 10.1 Å². The lowest BCUT2D eigenvalue weighted by Gasteiger charge is -2.29. The van der Waals surface area contributed by atoms with Gasteiger partial charge in [0.2, 0.25) is 10.0 Å². The predicted molar refractivity (Wildman–Crippen MR) is 106 cm³/mol. The summed E-state index contributed by atoms with van der Waals surface area (Å²) in [6.07, 6.45) is 5.23. The average molecular weight is 381 g/mol. The minimum Gasteiger partial charge on any atom is -0.270 e. The molecule has 1 aromatic rings. The fraction of sp³-hybridized carbons (Fsp3) is 0.529. The zero-order chi connectivity index (χ0) is 17.9. The van der Waals surface area contributed by atoms with Crippen LogP contribution in [0.15, 0.2) is 28.3 Å². The van der Waals surface area contributed by atoms with Crippen molar-refractivity contribution in [2.45, 2.75) is 32.6 Å². The van der Waals surface area contributed by atoms with Crippen LogP contribution in [0.1, 0.15) is 37.3 Å². The molecular weight excluding hydrogens is 356 g/mol. The number of aryl methyl sites for hydroxylation is 1. The Morgan fingerprint density at radius 1 is 1.40 bits per heavy atom. The quantitative estimate of drug-likeness (QED) is 0.797. The number of hydrogen-bond donors (Lipinski definition) is 1. The first-order valence-corrected chi connectivity index (χ1v) is 11.4. The summed E-state index contributed by atoms with van der Waals surface area (Å²) in [7, 11) is -3.22. The zero-order valence-electron chi connectivity index (χ0n) is 14.7. The molecule has 0 saturated heterocycles. The van der Waals surface area contributed by atoms with Crippen molar-refractivity contribution in [2.75, 3.05) is 29.4 Å². The summed E-state index contributed by atoms with van der Waals surface area (Å²) in [4.78, 5) is 4.50. The van der Waals surface area contributed by atoms with Gasteiger partial charge >= 0.3 is 0 Å². The molecule has 0 radical (unpaired) electrons. The molecule has 136 valence electrons. The molecule has 2 heterocycles. The lowest BCUT2D eigenvalue weighted by atomic mass is 9.99. The molecule has 0 atom stereocenters. The molecule has 6 nitrogen and oxygen atoms in total. The van der Waals surface area contributed by atoms with Crippen LogP contribution < -0.4 is 9.73 Å². The summed E-state index contributed by atoms with van der Waals surface area (Å²) in [5.74, 6) is 0.770. The summed E-state index contributed by atoms with van der Waals surface area (Å²) in [6.45, 7) is 3.54. The number of thioether (sulfide) groups is 1. The number of nitrogens with one attached hydrogen (secondary N) is 1. The third-order valence-corrected chi connectivity index (χ3v) is 6.38. The molecule has 0 amide bonds. The van der Waals surface area contributed by atoms with E-state index < -0.39 is 10.0 Å². The molecule has 1 aromatic carbocycles. The maximum atomic E-state index is 12.0. The highest BCUT2D eigenvalue weighted by molar-refractivity contribution is 8.14. The van der Waals surface area contributed by atoms with Crippen LogP contribution in [-0.4, -0.2) is 44.4 Å². The predicted octanol–water partition coefficient (Wildman–Crippen LogP) is 2.60. The molecule has 2 aliphatic heterocycles. The second-order valence-electron chi connectivity index (χ2n) is 6.28. The van der Waals surface area contributed by atoms with Crippen molar-refractivity contribution < 1.29 is 8.42 Å². The van der Waals surface area contributed by atoms with Crippen LogP contribution in [-0.2, 0) is 16.4 Å². The molecule has 1 N–H and O–H groups in total. The van der Waals surface area contributed by atoms with Gasteiger partial charge in [-0.3, -0.25) is 14.7 Å². The first-order valence-electron chi connectivity index (χ1n) is 8.60. The van der Waals surface area contributed by atoms with Gasteiger partial charge in [0.25, 0.3) is 0 Å². The van der Waals surface area contributed by atoms with Gasteiger partial charge in [-0.2, -0.15) is 5.10 Å². The van der Waals surface area contributed by atoms with Gasteiger partial charge in [0, 0.05) is 18.8 Å². The van der Waals surface area contributed by atoms with Crippen molar-refractivity contribution in [3.8, 4) is 0 Å². The Bertz CT molecular complexity index is 803. The van der Waals surface area contributed by atoms with Gasteiger partial charge < -0.3 is 0 Å². The van der Waals surface area contributed by atoms with E-state index in [-0.39, 0.29) is 0 Å². The minimum absolute atomic E-state index is 0.557.